The summed E-state index contributed by atoms with van der Waals surface area (Å²) in [5, 5.41) is 3.67. The van der Waals surface area contributed by atoms with Gasteiger partial charge in [-0.15, -0.1) is 24.0 Å². The van der Waals surface area contributed by atoms with Crippen molar-refractivity contribution < 1.29 is 14.3 Å². The van der Waals surface area contributed by atoms with Gasteiger partial charge < -0.3 is 19.7 Å². The van der Waals surface area contributed by atoms with Crippen LogP contribution in [-0.2, 0) is 14.3 Å². The highest BCUT2D eigenvalue weighted by Crippen LogP contribution is 2.52. The summed E-state index contributed by atoms with van der Waals surface area (Å²) in [4.78, 5) is 18.8. The van der Waals surface area contributed by atoms with Gasteiger partial charge in [-0.3, -0.25) is 9.79 Å². The number of carbonyl (C=O) groups excluding carboxylic acids is 1. The molecule has 3 fully saturated rings. The van der Waals surface area contributed by atoms with Gasteiger partial charge in [-0.25, -0.2) is 0 Å². The smallest absolute Gasteiger partial charge is 0.310 e. The molecule has 0 amide bonds. The van der Waals surface area contributed by atoms with Crippen LogP contribution >= 0.6 is 24.0 Å². The molecule has 1 aliphatic carbocycles. The van der Waals surface area contributed by atoms with Crippen molar-refractivity contribution in [1.29, 1.82) is 0 Å². The highest BCUT2D eigenvalue weighted by Gasteiger charge is 2.59. The lowest BCUT2D eigenvalue weighted by Crippen LogP contribution is -2.68. The number of likely N-dealkylation sites (tertiary alicyclic amines) is 1. The zero-order valence-electron chi connectivity index (χ0n) is 15.8. The van der Waals surface area contributed by atoms with Gasteiger partial charge in [0.25, 0.3) is 0 Å². The average Bonchev–Trinajstić information content (AvgIpc) is 3.03. The Hall–Kier alpha value is -0.570. The predicted molar refractivity (Wildman–Crippen MR) is 108 cm³/mol. The minimum Gasteiger partial charge on any atom is -0.466 e. The molecule has 3 rings (SSSR count). The molecule has 4 atom stereocenters. The number of fused-ring (bicyclic) bond motifs is 1. The fraction of sp³-hybridized carbons (Fsp3) is 0.889. The van der Waals surface area contributed by atoms with Gasteiger partial charge >= 0.3 is 5.97 Å². The zero-order chi connectivity index (χ0) is 17.3. The third-order valence-corrected chi connectivity index (χ3v) is 5.94. The number of nitrogens with zero attached hydrogens (tertiary/aromatic N) is 2. The highest BCUT2D eigenvalue weighted by molar-refractivity contribution is 14.0. The van der Waals surface area contributed by atoms with Crippen LogP contribution in [0.1, 0.15) is 40.0 Å². The van der Waals surface area contributed by atoms with E-state index >= 15 is 0 Å². The van der Waals surface area contributed by atoms with Crippen molar-refractivity contribution in [3.8, 4) is 0 Å². The Morgan fingerprint density at radius 2 is 2.16 bits per heavy atom. The first-order valence-electron chi connectivity index (χ1n) is 9.25. The molecule has 3 aliphatic rings. The zero-order valence-corrected chi connectivity index (χ0v) is 18.1. The number of ether oxygens (including phenoxy) is 2. The molecule has 0 radical (unpaired) electrons. The predicted octanol–water partition coefficient (Wildman–Crippen LogP) is 2.27. The monoisotopic (exact) mass is 465 g/mol. The van der Waals surface area contributed by atoms with Crippen LogP contribution in [0.15, 0.2) is 4.99 Å². The Kier molecular flexibility index (Phi) is 6.98. The van der Waals surface area contributed by atoms with Gasteiger partial charge in [0.15, 0.2) is 5.96 Å². The van der Waals surface area contributed by atoms with E-state index < -0.39 is 0 Å². The molecule has 0 aromatic carbocycles. The number of halogens is 1. The number of aliphatic imine (C=N–C) groups is 1. The molecule has 7 heteroatoms. The van der Waals surface area contributed by atoms with Gasteiger partial charge in [-0.1, -0.05) is 13.8 Å². The fourth-order valence-electron chi connectivity index (χ4n) is 4.68. The normalized spacial score (nSPS) is 33.8. The van der Waals surface area contributed by atoms with Crippen LogP contribution in [0.4, 0.5) is 0 Å². The van der Waals surface area contributed by atoms with Gasteiger partial charge in [0, 0.05) is 44.1 Å². The second-order valence-electron chi connectivity index (χ2n) is 7.77. The first-order chi connectivity index (χ1) is 11.5. The van der Waals surface area contributed by atoms with E-state index in [-0.39, 0.29) is 41.3 Å². The number of esters is 1. The minimum atomic E-state index is -0.0779. The van der Waals surface area contributed by atoms with Crippen LogP contribution in [0, 0.1) is 17.3 Å². The van der Waals surface area contributed by atoms with Gasteiger partial charge in [0.05, 0.1) is 18.6 Å². The molecule has 2 heterocycles. The Morgan fingerprint density at radius 1 is 1.40 bits per heavy atom. The third kappa shape index (κ3) is 3.91. The van der Waals surface area contributed by atoms with Crippen LogP contribution in [0.3, 0.4) is 0 Å². The molecule has 25 heavy (non-hydrogen) atoms. The van der Waals surface area contributed by atoms with E-state index in [0.29, 0.717) is 31.2 Å². The Bertz CT molecular complexity index is 512. The van der Waals surface area contributed by atoms with Crippen molar-refractivity contribution in [2.45, 2.75) is 52.2 Å². The van der Waals surface area contributed by atoms with Gasteiger partial charge in [0.2, 0.25) is 0 Å². The molecule has 2 saturated heterocycles. The quantitative estimate of drug-likeness (QED) is 0.300. The summed E-state index contributed by atoms with van der Waals surface area (Å²) in [6.45, 7) is 9.33. The fourth-order valence-corrected chi connectivity index (χ4v) is 4.68. The van der Waals surface area contributed by atoms with Gasteiger partial charge in [-0.05, 0) is 26.2 Å². The van der Waals surface area contributed by atoms with E-state index in [1.54, 1.807) is 0 Å². The molecule has 0 aromatic rings. The number of rotatable bonds is 3. The van der Waals surface area contributed by atoms with Crippen LogP contribution in [0.2, 0.25) is 0 Å². The number of piperidine rings is 1. The van der Waals surface area contributed by atoms with Crippen molar-refractivity contribution in [1.82, 2.24) is 10.2 Å². The first kappa shape index (κ1) is 20.7. The summed E-state index contributed by atoms with van der Waals surface area (Å²) in [7, 11) is 1.82. The topological polar surface area (TPSA) is 63.2 Å². The molecule has 0 spiro atoms. The molecule has 0 bridgehead atoms. The van der Waals surface area contributed by atoms with E-state index in [0.717, 1.165) is 38.4 Å². The first-order valence-corrected chi connectivity index (χ1v) is 9.25. The summed E-state index contributed by atoms with van der Waals surface area (Å²) < 4.78 is 11.1. The number of hydrogen-bond acceptors (Lipinski definition) is 4. The van der Waals surface area contributed by atoms with Gasteiger partial charge in [-0.2, -0.15) is 0 Å². The lowest BCUT2D eigenvalue weighted by atomic mass is 9.57. The summed E-state index contributed by atoms with van der Waals surface area (Å²) in [6.07, 6.45) is 3.38. The van der Waals surface area contributed by atoms with Crippen LogP contribution in [0.25, 0.3) is 0 Å². The third-order valence-electron chi connectivity index (χ3n) is 5.94. The van der Waals surface area contributed by atoms with Crippen molar-refractivity contribution in [2.75, 3.05) is 33.4 Å². The van der Waals surface area contributed by atoms with Crippen LogP contribution in [-0.4, -0.2) is 62.3 Å². The molecule has 1 N–H and O–H groups in total. The minimum absolute atomic E-state index is 0. The van der Waals surface area contributed by atoms with Crippen molar-refractivity contribution in [3.63, 3.8) is 0 Å². The molecule has 1 saturated carbocycles. The second kappa shape index (κ2) is 8.41. The molecule has 3 unspecified atom stereocenters. The SMILES string of the molecule is CCOC(=O)[C@H]1CCCN(C(=NC)NC2C3CCOC3C2(C)C)C1.I. The lowest BCUT2D eigenvalue weighted by Gasteiger charge is -2.55. The summed E-state index contributed by atoms with van der Waals surface area (Å²) in [6, 6.07) is 0.381. The highest BCUT2D eigenvalue weighted by atomic mass is 127. The number of carbonyl (C=O) groups is 1. The lowest BCUT2D eigenvalue weighted by molar-refractivity contribution is -0.149. The second-order valence-corrected chi connectivity index (χ2v) is 7.77. The molecule has 2 aliphatic heterocycles. The summed E-state index contributed by atoms with van der Waals surface area (Å²) >= 11 is 0. The van der Waals surface area contributed by atoms with E-state index in [9.17, 15) is 4.79 Å². The Morgan fingerprint density at radius 3 is 2.84 bits per heavy atom. The van der Waals surface area contributed by atoms with Crippen molar-refractivity contribution in [2.24, 2.45) is 22.2 Å². The molecular weight excluding hydrogens is 433 g/mol. The average molecular weight is 465 g/mol. The summed E-state index contributed by atoms with van der Waals surface area (Å²) in [5.74, 6) is 1.36. The van der Waals surface area contributed by atoms with Crippen LogP contribution < -0.4 is 5.32 Å². The van der Waals surface area contributed by atoms with E-state index in [4.69, 9.17) is 9.47 Å². The molecular formula is C18H32IN3O3. The number of nitrogens with one attached hydrogen (secondary N) is 1. The molecule has 6 nitrogen and oxygen atoms in total. The largest absolute Gasteiger partial charge is 0.466 e. The molecule has 0 aromatic heterocycles. The van der Waals surface area contributed by atoms with E-state index in [1.165, 1.54) is 0 Å². The summed E-state index contributed by atoms with van der Waals surface area (Å²) in [5.41, 5.74) is 0.118. The maximum atomic E-state index is 12.1. The van der Waals surface area contributed by atoms with Crippen molar-refractivity contribution in [3.05, 3.63) is 0 Å². The maximum absolute atomic E-state index is 12.1. The Balaban J connectivity index is 0.00000225. The van der Waals surface area contributed by atoms with Crippen LogP contribution in [0.5, 0.6) is 0 Å². The van der Waals surface area contributed by atoms with Crippen molar-refractivity contribution >= 4 is 35.9 Å². The standard InChI is InChI=1S/C18H31N3O3.HI/c1-5-23-16(22)12-7-6-9-21(11-12)17(19-4)20-14-13-8-10-24-15(13)18(14,2)3;/h12-15H,5-11H2,1-4H3,(H,19,20);1H/t12-,13?,14?,15?;/m0./s1. The number of guanidine groups is 1. The molecule has 144 valence electrons. The maximum Gasteiger partial charge on any atom is 0.310 e. The van der Waals surface area contributed by atoms with Gasteiger partial charge in [0.1, 0.15) is 0 Å². The van der Waals surface area contributed by atoms with E-state index in [2.05, 4.69) is 29.1 Å². The Labute approximate surface area is 168 Å². The number of hydrogen-bond donors (Lipinski definition) is 1. The van der Waals surface area contributed by atoms with E-state index in [1.807, 2.05) is 14.0 Å².